The minimum absolute atomic E-state index is 0.0879. The molecule has 3 rings (SSSR count). The Morgan fingerprint density at radius 3 is 2.75 bits per heavy atom. The predicted octanol–water partition coefficient (Wildman–Crippen LogP) is 1.67. The zero-order valence-corrected chi connectivity index (χ0v) is 21.6. The van der Waals surface area contributed by atoms with Crippen LogP contribution < -0.4 is 0 Å². The number of likely N-dealkylation sites (tertiary alicyclic amines) is 1. The first-order chi connectivity index (χ1) is 17.2. The summed E-state index contributed by atoms with van der Waals surface area (Å²) in [5.74, 6) is -5.61. The van der Waals surface area contributed by atoms with Crippen molar-refractivity contribution in [2.45, 2.75) is 82.5 Å². The van der Waals surface area contributed by atoms with Crippen molar-refractivity contribution in [1.29, 1.82) is 0 Å². The van der Waals surface area contributed by atoms with Crippen LogP contribution in [-0.4, -0.2) is 90.2 Å². The third-order valence-corrected chi connectivity index (χ3v) is 7.07. The van der Waals surface area contributed by atoms with Gasteiger partial charge in [0, 0.05) is 39.1 Å². The molecule has 1 N–H and O–H groups in total. The first kappa shape index (κ1) is 28.2. The van der Waals surface area contributed by atoms with E-state index in [-0.39, 0.29) is 19.3 Å². The zero-order valence-electron chi connectivity index (χ0n) is 21.6. The molecule has 2 unspecified atom stereocenters. The van der Waals surface area contributed by atoms with E-state index >= 15 is 0 Å². The number of ether oxygens (including phenoxy) is 4. The summed E-state index contributed by atoms with van der Waals surface area (Å²) in [5, 5.41) is 11.2. The maximum absolute atomic E-state index is 13.3. The highest BCUT2D eigenvalue weighted by Crippen LogP contribution is 2.35. The molecular formula is C26H38N2O8. The summed E-state index contributed by atoms with van der Waals surface area (Å²) in [5.41, 5.74) is 1.04. The van der Waals surface area contributed by atoms with Crippen LogP contribution in [-0.2, 0) is 39.8 Å². The monoisotopic (exact) mass is 506 g/mol. The van der Waals surface area contributed by atoms with Crippen molar-refractivity contribution in [1.82, 2.24) is 9.88 Å². The Kier molecular flexibility index (Phi) is 9.95. The number of aryl methyl sites for hydroxylation is 1. The van der Waals surface area contributed by atoms with E-state index in [2.05, 4.69) is 4.98 Å². The lowest BCUT2D eigenvalue weighted by atomic mass is 9.85. The molecule has 1 aromatic heterocycles. The van der Waals surface area contributed by atoms with Gasteiger partial charge in [-0.05, 0) is 57.1 Å². The summed E-state index contributed by atoms with van der Waals surface area (Å²) in [6.07, 6.45) is 5.34. The van der Waals surface area contributed by atoms with E-state index in [4.69, 9.17) is 18.9 Å². The molecule has 10 heteroatoms. The van der Waals surface area contributed by atoms with E-state index in [9.17, 15) is 19.5 Å². The number of carbonyl (C=O) groups is 3. The summed E-state index contributed by atoms with van der Waals surface area (Å²) < 4.78 is 21.9. The second kappa shape index (κ2) is 12.7. The molecule has 6 atom stereocenters. The smallest absolute Gasteiger partial charge is 0.329 e. The average Bonchev–Trinajstić information content (AvgIpc) is 2.89. The minimum atomic E-state index is -2.34. The first-order valence-electron chi connectivity index (χ1n) is 12.6. The van der Waals surface area contributed by atoms with Crippen molar-refractivity contribution < 1.29 is 38.4 Å². The second-order valence-corrected chi connectivity index (χ2v) is 9.71. The molecule has 2 aliphatic heterocycles. The highest BCUT2D eigenvalue weighted by Gasteiger charge is 2.55. The van der Waals surface area contributed by atoms with Crippen molar-refractivity contribution >= 4 is 17.7 Å². The molecular weight excluding hydrogens is 468 g/mol. The van der Waals surface area contributed by atoms with Crippen molar-refractivity contribution in [3.63, 3.8) is 0 Å². The van der Waals surface area contributed by atoms with Gasteiger partial charge in [0.1, 0.15) is 12.1 Å². The van der Waals surface area contributed by atoms with Crippen LogP contribution >= 0.6 is 0 Å². The van der Waals surface area contributed by atoms with Crippen LogP contribution in [0.3, 0.4) is 0 Å². The van der Waals surface area contributed by atoms with Gasteiger partial charge in [-0.1, -0.05) is 13.0 Å². The number of nitrogens with zero attached hydrogens (tertiary/aromatic N) is 2. The third-order valence-electron chi connectivity index (χ3n) is 7.07. The summed E-state index contributed by atoms with van der Waals surface area (Å²) >= 11 is 0. The molecule has 0 saturated carbocycles. The Bertz CT molecular complexity index is 897. The van der Waals surface area contributed by atoms with Gasteiger partial charge >= 0.3 is 5.97 Å². The van der Waals surface area contributed by atoms with Crippen molar-refractivity contribution in [3.8, 4) is 0 Å². The fourth-order valence-corrected chi connectivity index (χ4v) is 4.87. The van der Waals surface area contributed by atoms with E-state index in [1.54, 1.807) is 26.2 Å². The van der Waals surface area contributed by atoms with Gasteiger partial charge < -0.3 is 29.0 Å². The molecule has 0 aliphatic carbocycles. The van der Waals surface area contributed by atoms with Crippen LogP contribution in [0.2, 0.25) is 0 Å². The number of aromatic nitrogens is 1. The lowest BCUT2D eigenvalue weighted by molar-refractivity contribution is -0.291. The lowest BCUT2D eigenvalue weighted by Gasteiger charge is -2.44. The van der Waals surface area contributed by atoms with E-state index in [0.29, 0.717) is 32.1 Å². The van der Waals surface area contributed by atoms with Crippen molar-refractivity contribution in [2.75, 3.05) is 27.4 Å². The highest BCUT2D eigenvalue weighted by molar-refractivity contribution is 6.39. The molecule has 200 valence electrons. The first-order valence-corrected chi connectivity index (χ1v) is 12.6. The zero-order chi connectivity index (χ0) is 26.3. The minimum Gasteiger partial charge on any atom is -0.461 e. The fraction of sp³-hybridized carbons (Fsp3) is 0.692. The summed E-state index contributed by atoms with van der Waals surface area (Å²) in [4.78, 5) is 45.0. The van der Waals surface area contributed by atoms with Gasteiger partial charge in [0.05, 0.1) is 18.8 Å². The molecule has 0 aromatic carbocycles. The Morgan fingerprint density at radius 1 is 1.31 bits per heavy atom. The fourth-order valence-electron chi connectivity index (χ4n) is 4.87. The maximum Gasteiger partial charge on any atom is 0.329 e. The second-order valence-electron chi connectivity index (χ2n) is 9.71. The standard InChI is InChI=1S/C26H38N2O8/c1-17-14-21(34-4)22(16-33-3)36-26(17,32)23(29)24(30)28-13-6-5-9-20(28)25(31)35-18(2)10-11-19-8-7-12-27-15-19/h7-8,12,15,17-18,20-22,32H,5-6,9-11,13-14,16H2,1-4H3/t17-,18?,20+,21+,22?,26-/m1/s1. The topological polar surface area (TPSA) is 124 Å². The van der Waals surface area contributed by atoms with Gasteiger partial charge in [-0.25, -0.2) is 4.79 Å². The SMILES string of the molecule is COCC1O[C@@](O)(C(=O)C(=O)N2CCCC[C@H]2C(=O)OC(C)CCc2cccnc2)[C@H](C)C[C@@H]1OC. The van der Waals surface area contributed by atoms with Crippen LogP contribution in [0, 0.1) is 5.92 Å². The number of hydrogen-bond acceptors (Lipinski definition) is 9. The number of amides is 1. The van der Waals surface area contributed by atoms with Crippen LogP contribution in [0.15, 0.2) is 24.5 Å². The molecule has 0 bridgehead atoms. The van der Waals surface area contributed by atoms with Crippen LogP contribution in [0.25, 0.3) is 0 Å². The van der Waals surface area contributed by atoms with E-state index in [1.165, 1.54) is 19.1 Å². The highest BCUT2D eigenvalue weighted by atomic mass is 16.7. The van der Waals surface area contributed by atoms with E-state index < -0.39 is 47.6 Å². The summed E-state index contributed by atoms with van der Waals surface area (Å²) in [7, 11) is 2.99. The maximum atomic E-state index is 13.3. The molecule has 10 nitrogen and oxygen atoms in total. The number of methoxy groups -OCH3 is 2. The Hall–Kier alpha value is -2.40. The van der Waals surface area contributed by atoms with Crippen molar-refractivity contribution in [2.24, 2.45) is 5.92 Å². The lowest BCUT2D eigenvalue weighted by Crippen LogP contribution is -2.63. The number of carbonyl (C=O) groups excluding carboxylic acids is 3. The number of Topliss-reactive ketones (excluding diaryl/α,β-unsaturated/α-hetero) is 1. The average molecular weight is 507 g/mol. The van der Waals surface area contributed by atoms with Gasteiger partial charge in [-0.2, -0.15) is 0 Å². The number of esters is 1. The molecule has 2 saturated heterocycles. The van der Waals surface area contributed by atoms with Crippen molar-refractivity contribution in [3.05, 3.63) is 30.1 Å². The number of ketones is 1. The third kappa shape index (κ3) is 6.47. The van der Waals surface area contributed by atoms with Crippen LogP contribution in [0.1, 0.15) is 51.5 Å². The van der Waals surface area contributed by atoms with Crippen LogP contribution in [0.4, 0.5) is 0 Å². The molecule has 1 amide bonds. The van der Waals surface area contributed by atoms with Crippen LogP contribution in [0.5, 0.6) is 0 Å². The molecule has 36 heavy (non-hydrogen) atoms. The molecule has 2 aliphatic rings. The van der Waals surface area contributed by atoms with Gasteiger partial charge in [0.2, 0.25) is 5.79 Å². The number of aliphatic hydroxyl groups is 1. The van der Waals surface area contributed by atoms with Gasteiger partial charge in [0.25, 0.3) is 11.7 Å². The normalized spacial score (nSPS) is 29.4. The Balaban J connectivity index is 1.66. The Labute approximate surface area is 212 Å². The summed E-state index contributed by atoms with van der Waals surface area (Å²) in [6, 6.07) is 2.92. The number of hydrogen-bond donors (Lipinski definition) is 1. The number of rotatable bonds is 10. The van der Waals surface area contributed by atoms with Gasteiger partial charge in [0.15, 0.2) is 0 Å². The number of piperidine rings is 1. The summed E-state index contributed by atoms with van der Waals surface area (Å²) in [6.45, 7) is 3.74. The van der Waals surface area contributed by atoms with E-state index in [0.717, 1.165) is 12.0 Å². The predicted molar refractivity (Wildman–Crippen MR) is 129 cm³/mol. The molecule has 2 fully saturated rings. The number of pyridine rings is 1. The van der Waals surface area contributed by atoms with Gasteiger partial charge in [-0.3, -0.25) is 14.6 Å². The van der Waals surface area contributed by atoms with E-state index in [1.807, 2.05) is 12.1 Å². The molecule has 1 aromatic rings. The molecule has 0 radical (unpaired) electrons. The van der Waals surface area contributed by atoms with Gasteiger partial charge in [-0.15, -0.1) is 0 Å². The Morgan fingerprint density at radius 2 is 2.08 bits per heavy atom. The largest absolute Gasteiger partial charge is 0.461 e. The quantitative estimate of drug-likeness (QED) is 0.373. The molecule has 3 heterocycles. The molecule has 0 spiro atoms.